The van der Waals surface area contributed by atoms with Crippen molar-refractivity contribution in [2.75, 3.05) is 40.3 Å². The second-order valence-electron chi connectivity index (χ2n) is 7.84. The van der Waals surface area contributed by atoms with Crippen LogP contribution in [0.4, 0.5) is 0 Å². The van der Waals surface area contributed by atoms with Crippen LogP contribution in [-0.2, 0) is 11.3 Å². The van der Waals surface area contributed by atoms with Gasteiger partial charge in [0.1, 0.15) is 18.2 Å². The number of nitrogens with zero attached hydrogens (tertiary/aromatic N) is 6. The fourth-order valence-electron chi connectivity index (χ4n) is 3.97. The average molecular weight is 518 g/mol. The molecule has 3 rings (SSSR count). The van der Waals surface area contributed by atoms with E-state index in [1.807, 2.05) is 11.6 Å². The van der Waals surface area contributed by atoms with Crippen LogP contribution in [0.1, 0.15) is 50.3 Å². The van der Waals surface area contributed by atoms with E-state index in [-0.39, 0.29) is 42.5 Å². The van der Waals surface area contributed by atoms with Gasteiger partial charge in [-0.25, -0.2) is 14.7 Å². The Labute approximate surface area is 190 Å². The van der Waals surface area contributed by atoms with Crippen LogP contribution in [0.25, 0.3) is 0 Å². The normalized spacial score (nSPS) is 22.0. The molecular weight excluding hydrogens is 483 g/mol. The summed E-state index contributed by atoms with van der Waals surface area (Å²) in [5.41, 5.74) is 0. The van der Waals surface area contributed by atoms with E-state index in [1.165, 1.54) is 12.8 Å². The van der Waals surface area contributed by atoms with Crippen LogP contribution < -0.4 is 10.6 Å². The van der Waals surface area contributed by atoms with Crippen molar-refractivity contribution in [1.29, 1.82) is 0 Å². The highest BCUT2D eigenvalue weighted by molar-refractivity contribution is 14.0. The zero-order valence-electron chi connectivity index (χ0n) is 18.0. The van der Waals surface area contributed by atoms with Crippen LogP contribution >= 0.6 is 24.0 Å². The number of hydrogen-bond acceptors (Lipinski definition) is 5. The van der Waals surface area contributed by atoms with Crippen LogP contribution in [0.2, 0.25) is 0 Å². The maximum Gasteiger partial charge on any atom is 0.243 e. The molecule has 0 spiro atoms. The number of nitrogens with one attached hydrogen (secondary N) is 2. The molecule has 1 fully saturated rings. The van der Waals surface area contributed by atoms with E-state index in [0.29, 0.717) is 12.0 Å². The Balaban J connectivity index is 0.00000300. The van der Waals surface area contributed by atoms with Gasteiger partial charge in [-0.15, -0.1) is 24.0 Å². The highest BCUT2D eigenvalue weighted by Crippen LogP contribution is 2.23. The molecule has 1 aromatic heterocycles. The smallest absolute Gasteiger partial charge is 0.243 e. The number of fused-ring (bicyclic) bond motifs is 1. The number of hydrogen-bond donors (Lipinski definition) is 2. The highest BCUT2D eigenvalue weighted by atomic mass is 127. The lowest BCUT2D eigenvalue weighted by Crippen LogP contribution is -2.47. The molecule has 0 radical (unpaired) electrons. The lowest BCUT2D eigenvalue weighted by molar-refractivity contribution is -0.127. The van der Waals surface area contributed by atoms with Gasteiger partial charge in [-0.05, 0) is 45.7 Å². The van der Waals surface area contributed by atoms with Crippen LogP contribution in [0.3, 0.4) is 0 Å². The third-order valence-electron chi connectivity index (χ3n) is 5.57. The van der Waals surface area contributed by atoms with E-state index in [0.717, 1.165) is 50.7 Å². The second kappa shape index (κ2) is 11.1. The lowest BCUT2D eigenvalue weighted by atomic mass is 10.1. The first-order chi connectivity index (χ1) is 13.5. The number of carbonyl (C=O) groups is 1. The molecule has 1 amide bonds. The second-order valence-corrected chi connectivity index (χ2v) is 7.84. The Hall–Kier alpha value is -1.43. The van der Waals surface area contributed by atoms with Gasteiger partial charge in [0.25, 0.3) is 0 Å². The maximum absolute atomic E-state index is 12.0. The van der Waals surface area contributed by atoms with Gasteiger partial charge in [0.05, 0.1) is 6.04 Å². The third kappa shape index (κ3) is 6.27. The quantitative estimate of drug-likeness (QED) is 0.334. The molecule has 0 aromatic carbocycles. The Bertz CT molecular complexity index is 704. The van der Waals surface area contributed by atoms with E-state index in [4.69, 9.17) is 0 Å². The number of aromatic nitrogens is 3. The molecule has 9 nitrogen and oxygen atoms in total. The van der Waals surface area contributed by atoms with Gasteiger partial charge in [0, 0.05) is 33.2 Å². The summed E-state index contributed by atoms with van der Waals surface area (Å²) in [6.07, 6.45) is 4.46. The number of likely N-dealkylation sites (tertiary alicyclic amines) is 1. The van der Waals surface area contributed by atoms with Crippen LogP contribution in [0.15, 0.2) is 4.99 Å². The van der Waals surface area contributed by atoms with Crippen molar-refractivity contribution in [3.05, 3.63) is 11.6 Å². The molecule has 29 heavy (non-hydrogen) atoms. The standard InChI is InChI=1S/C19H34N8O.HI/c1-5-26-10-6-8-15(26)12-20-19(21-13-17(28)25(3)4)23-16-9-7-11-27-18(16)22-14(2)24-27;/h15-16H,5-13H2,1-4H3,(H2,20,21,23);1H. The molecule has 3 heterocycles. The molecule has 2 aliphatic heterocycles. The maximum atomic E-state index is 12.0. The Morgan fingerprint density at radius 1 is 1.28 bits per heavy atom. The monoisotopic (exact) mass is 518 g/mol. The average Bonchev–Trinajstić information content (AvgIpc) is 3.28. The molecule has 10 heteroatoms. The number of likely N-dealkylation sites (N-methyl/N-ethyl adjacent to an activating group) is 2. The van der Waals surface area contributed by atoms with Crippen molar-refractivity contribution in [2.45, 2.75) is 58.2 Å². The van der Waals surface area contributed by atoms with Crippen molar-refractivity contribution < 1.29 is 4.79 Å². The summed E-state index contributed by atoms with van der Waals surface area (Å²) in [7, 11) is 3.50. The number of rotatable bonds is 6. The molecule has 2 atom stereocenters. The molecule has 2 aliphatic rings. The van der Waals surface area contributed by atoms with Gasteiger partial charge >= 0.3 is 0 Å². The number of halogens is 1. The van der Waals surface area contributed by atoms with Crippen molar-refractivity contribution in [3.8, 4) is 0 Å². The minimum Gasteiger partial charge on any atom is -0.355 e. The van der Waals surface area contributed by atoms with E-state index >= 15 is 0 Å². The predicted molar refractivity (Wildman–Crippen MR) is 125 cm³/mol. The van der Waals surface area contributed by atoms with Crippen LogP contribution in [-0.4, -0.2) is 82.7 Å². The van der Waals surface area contributed by atoms with E-state index in [9.17, 15) is 4.79 Å². The summed E-state index contributed by atoms with van der Waals surface area (Å²) in [4.78, 5) is 25.2. The molecule has 2 unspecified atom stereocenters. The summed E-state index contributed by atoms with van der Waals surface area (Å²) in [6.45, 7) is 8.21. The summed E-state index contributed by atoms with van der Waals surface area (Å²) >= 11 is 0. The number of amides is 1. The number of guanidine groups is 1. The molecular formula is C19H35IN8O. The molecule has 1 aromatic rings. The van der Waals surface area contributed by atoms with E-state index < -0.39 is 0 Å². The Kier molecular flexibility index (Phi) is 9.12. The van der Waals surface area contributed by atoms with Gasteiger partial charge in [0.2, 0.25) is 5.91 Å². The van der Waals surface area contributed by atoms with Gasteiger partial charge in [-0.3, -0.25) is 9.69 Å². The first kappa shape index (κ1) is 23.8. The molecule has 164 valence electrons. The Morgan fingerprint density at radius 2 is 2.03 bits per heavy atom. The zero-order chi connectivity index (χ0) is 20.1. The van der Waals surface area contributed by atoms with Crippen molar-refractivity contribution >= 4 is 35.8 Å². The minimum absolute atomic E-state index is 0. The largest absolute Gasteiger partial charge is 0.355 e. The first-order valence-electron chi connectivity index (χ1n) is 10.4. The van der Waals surface area contributed by atoms with Gasteiger partial charge in [0.15, 0.2) is 5.96 Å². The zero-order valence-corrected chi connectivity index (χ0v) is 20.3. The van der Waals surface area contributed by atoms with E-state index in [1.54, 1.807) is 19.0 Å². The highest BCUT2D eigenvalue weighted by Gasteiger charge is 2.26. The van der Waals surface area contributed by atoms with Gasteiger partial charge in [-0.1, -0.05) is 6.92 Å². The molecule has 0 bridgehead atoms. The number of carbonyl (C=O) groups excluding carboxylic acids is 1. The van der Waals surface area contributed by atoms with Crippen LogP contribution in [0, 0.1) is 6.92 Å². The summed E-state index contributed by atoms with van der Waals surface area (Å²) in [6, 6.07) is 0.570. The third-order valence-corrected chi connectivity index (χ3v) is 5.57. The number of aryl methyl sites for hydroxylation is 2. The fraction of sp³-hybridized carbons (Fsp3) is 0.789. The minimum atomic E-state index is -0.0141. The summed E-state index contributed by atoms with van der Waals surface area (Å²) in [5, 5.41) is 11.5. The topological polar surface area (TPSA) is 90.7 Å². The molecule has 2 N–H and O–H groups in total. The Morgan fingerprint density at radius 3 is 2.76 bits per heavy atom. The molecule has 0 aliphatic carbocycles. The van der Waals surface area contributed by atoms with E-state index in [2.05, 4.69) is 37.5 Å². The number of aliphatic imine (C=N–C) groups is 1. The fourth-order valence-corrected chi connectivity index (χ4v) is 3.97. The first-order valence-corrected chi connectivity index (χ1v) is 10.4. The molecule has 1 saturated heterocycles. The predicted octanol–water partition coefficient (Wildman–Crippen LogP) is 1.15. The van der Waals surface area contributed by atoms with Crippen LogP contribution in [0.5, 0.6) is 0 Å². The molecule has 0 saturated carbocycles. The van der Waals surface area contributed by atoms with Crippen molar-refractivity contribution in [2.24, 2.45) is 4.99 Å². The SMILES string of the molecule is CCN1CCCC1CNC(=NCC(=O)N(C)C)NC1CCCn2nc(C)nc21.I. The summed E-state index contributed by atoms with van der Waals surface area (Å²) < 4.78 is 1.98. The van der Waals surface area contributed by atoms with Gasteiger partial charge in [-0.2, -0.15) is 5.10 Å². The van der Waals surface area contributed by atoms with Crippen molar-refractivity contribution in [1.82, 2.24) is 35.2 Å². The van der Waals surface area contributed by atoms with Crippen molar-refractivity contribution in [3.63, 3.8) is 0 Å². The van der Waals surface area contributed by atoms with Gasteiger partial charge < -0.3 is 15.5 Å². The lowest BCUT2D eigenvalue weighted by Gasteiger charge is -2.27. The summed E-state index contributed by atoms with van der Waals surface area (Å²) in [5.74, 6) is 2.41.